The molecule has 0 N–H and O–H groups in total. The number of aromatic nitrogens is 2. The summed E-state index contributed by atoms with van der Waals surface area (Å²) in [6, 6.07) is 15.8. The standard InChI is InChI=1S/C22H23ClN4O3S/c1-16-21(17(2)27(24-16)19-6-4-3-5-7-19)22(28)25-12-14-26(15-13-25)31(29,30)20-10-8-18(23)9-11-20/h3-11H,12-15H2,1-2H3. The van der Waals surface area contributed by atoms with Gasteiger partial charge in [0.05, 0.1) is 27.5 Å². The Morgan fingerprint density at radius 1 is 0.935 bits per heavy atom. The van der Waals surface area contributed by atoms with Gasteiger partial charge in [-0.2, -0.15) is 9.40 Å². The van der Waals surface area contributed by atoms with Gasteiger partial charge in [-0.25, -0.2) is 13.1 Å². The van der Waals surface area contributed by atoms with Crippen molar-refractivity contribution >= 4 is 27.5 Å². The molecule has 31 heavy (non-hydrogen) atoms. The number of aryl methyl sites for hydroxylation is 1. The highest BCUT2D eigenvalue weighted by molar-refractivity contribution is 7.89. The molecule has 2 aromatic carbocycles. The Balaban J connectivity index is 1.50. The number of benzene rings is 2. The van der Waals surface area contributed by atoms with Gasteiger partial charge in [-0.1, -0.05) is 29.8 Å². The summed E-state index contributed by atoms with van der Waals surface area (Å²) in [6.45, 7) is 4.81. The molecule has 162 valence electrons. The third-order valence-corrected chi connectivity index (χ3v) is 7.65. The number of piperazine rings is 1. The lowest BCUT2D eigenvalue weighted by atomic mass is 10.1. The molecule has 0 saturated carbocycles. The van der Waals surface area contributed by atoms with Crippen molar-refractivity contribution < 1.29 is 13.2 Å². The van der Waals surface area contributed by atoms with Crippen molar-refractivity contribution in [1.82, 2.24) is 19.0 Å². The van der Waals surface area contributed by atoms with Gasteiger partial charge < -0.3 is 4.90 Å². The third-order valence-electron chi connectivity index (χ3n) is 5.48. The van der Waals surface area contributed by atoms with E-state index in [1.54, 1.807) is 21.7 Å². The Hall–Kier alpha value is -2.68. The number of carbonyl (C=O) groups is 1. The van der Waals surface area contributed by atoms with Crippen LogP contribution in [0.15, 0.2) is 59.5 Å². The Morgan fingerprint density at radius 2 is 1.55 bits per heavy atom. The number of nitrogens with zero attached hydrogens (tertiary/aromatic N) is 4. The van der Waals surface area contributed by atoms with E-state index in [2.05, 4.69) is 5.10 Å². The van der Waals surface area contributed by atoms with Crippen molar-refractivity contribution in [2.24, 2.45) is 0 Å². The largest absolute Gasteiger partial charge is 0.336 e. The number of carbonyl (C=O) groups excluding carboxylic acids is 1. The molecule has 0 spiro atoms. The van der Waals surface area contributed by atoms with Crippen LogP contribution in [0.3, 0.4) is 0 Å². The second-order valence-electron chi connectivity index (χ2n) is 7.44. The van der Waals surface area contributed by atoms with Gasteiger partial charge in [0, 0.05) is 31.2 Å². The number of hydrogen-bond donors (Lipinski definition) is 0. The summed E-state index contributed by atoms with van der Waals surface area (Å²) in [4.78, 5) is 15.1. The molecule has 1 aliphatic heterocycles. The van der Waals surface area contributed by atoms with Gasteiger partial charge in [-0.3, -0.25) is 4.79 Å². The highest BCUT2D eigenvalue weighted by atomic mass is 35.5. The summed E-state index contributed by atoms with van der Waals surface area (Å²) in [5, 5.41) is 5.03. The fraction of sp³-hybridized carbons (Fsp3) is 0.273. The molecule has 3 aromatic rings. The number of sulfonamides is 1. The topological polar surface area (TPSA) is 75.5 Å². The van der Waals surface area contributed by atoms with E-state index in [1.165, 1.54) is 16.4 Å². The molecule has 4 rings (SSSR count). The number of amides is 1. The lowest BCUT2D eigenvalue weighted by Crippen LogP contribution is -2.50. The van der Waals surface area contributed by atoms with Crippen molar-refractivity contribution in [2.75, 3.05) is 26.2 Å². The smallest absolute Gasteiger partial charge is 0.257 e. The maximum atomic E-state index is 13.2. The second kappa shape index (κ2) is 8.45. The minimum Gasteiger partial charge on any atom is -0.336 e. The Kier molecular flexibility index (Phi) is 5.88. The maximum Gasteiger partial charge on any atom is 0.257 e. The minimum atomic E-state index is -3.62. The van der Waals surface area contributed by atoms with Crippen molar-refractivity contribution in [3.05, 3.63) is 76.6 Å². The minimum absolute atomic E-state index is 0.124. The first-order valence-electron chi connectivity index (χ1n) is 9.95. The van der Waals surface area contributed by atoms with E-state index in [4.69, 9.17) is 11.6 Å². The summed E-state index contributed by atoms with van der Waals surface area (Å²) < 4.78 is 28.9. The zero-order chi connectivity index (χ0) is 22.2. The van der Waals surface area contributed by atoms with Gasteiger partial charge in [0.25, 0.3) is 5.91 Å². The van der Waals surface area contributed by atoms with Crippen molar-refractivity contribution in [1.29, 1.82) is 0 Å². The van der Waals surface area contributed by atoms with Gasteiger partial charge in [-0.05, 0) is 50.2 Å². The van der Waals surface area contributed by atoms with E-state index in [9.17, 15) is 13.2 Å². The van der Waals surface area contributed by atoms with Crippen LogP contribution in [0.2, 0.25) is 5.02 Å². The fourth-order valence-corrected chi connectivity index (χ4v) is 5.37. The fourth-order valence-electron chi connectivity index (χ4n) is 3.82. The van der Waals surface area contributed by atoms with Crippen molar-refractivity contribution in [3.8, 4) is 5.69 Å². The van der Waals surface area contributed by atoms with Crippen LogP contribution in [-0.4, -0.2) is 59.5 Å². The average molecular weight is 459 g/mol. The van der Waals surface area contributed by atoms with E-state index in [0.717, 1.165) is 11.4 Å². The lowest BCUT2D eigenvalue weighted by molar-refractivity contribution is 0.0696. The normalized spacial score (nSPS) is 15.3. The van der Waals surface area contributed by atoms with Gasteiger partial charge in [0.2, 0.25) is 10.0 Å². The number of para-hydroxylation sites is 1. The first kappa shape index (κ1) is 21.5. The monoisotopic (exact) mass is 458 g/mol. The highest BCUT2D eigenvalue weighted by Crippen LogP contribution is 2.23. The summed E-state index contributed by atoms with van der Waals surface area (Å²) in [5.74, 6) is -0.124. The Bertz CT molecular complexity index is 1200. The molecule has 0 radical (unpaired) electrons. The van der Waals surface area contributed by atoms with Crippen molar-refractivity contribution in [2.45, 2.75) is 18.7 Å². The summed E-state index contributed by atoms with van der Waals surface area (Å²) in [6.07, 6.45) is 0. The Morgan fingerprint density at radius 3 is 2.16 bits per heavy atom. The number of rotatable bonds is 4. The van der Waals surface area contributed by atoms with Gasteiger partial charge in [0.1, 0.15) is 0 Å². The van der Waals surface area contributed by atoms with Crippen molar-refractivity contribution in [3.63, 3.8) is 0 Å². The molecule has 7 nitrogen and oxygen atoms in total. The van der Waals surface area contributed by atoms with Crippen LogP contribution < -0.4 is 0 Å². The number of hydrogen-bond acceptors (Lipinski definition) is 4. The molecule has 1 fully saturated rings. The van der Waals surface area contributed by atoms with E-state index < -0.39 is 10.0 Å². The van der Waals surface area contributed by atoms with E-state index >= 15 is 0 Å². The molecule has 0 bridgehead atoms. The van der Waals surface area contributed by atoms with Crippen LogP contribution >= 0.6 is 11.6 Å². The molecule has 9 heteroatoms. The van der Waals surface area contributed by atoms with Gasteiger partial charge in [-0.15, -0.1) is 0 Å². The van der Waals surface area contributed by atoms with E-state index in [1.807, 2.05) is 44.2 Å². The molecule has 0 unspecified atom stereocenters. The van der Waals surface area contributed by atoms with E-state index in [0.29, 0.717) is 29.4 Å². The molecule has 1 amide bonds. The van der Waals surface area contributed by atoms with Crippen LogP contribution in [0.4, 0.5) is 0 Å². The third kappa shape index (κ3) is 4.11. The Labute approximate surface area is 186 Å². The molecule has 1 aromatic heterocycles. The molecule has 0 atom stereocenters. The molecule has 1 aliphatic rings. The summed E-state index contributed by atoms with van der Waals surface area (Å²) in [7, 11) is -3.62. The second-order valence-corrected chi connectivity index (χ2v) is 9.82. The molecule has 1 saturated heterocycles. The quantitative estimate of drug-likeness (QED) is 0.601. The van der Waals surface area contributed by atoms with Gasteiger partial charge in [0.15, 0.2) is 0 Å². The average Bonchev–Trinajstić information content (AvgIpc) is 3.08. The SMILES string of the molecule is Cc1nn(-c2ccccc2)c(C)c1C(=O)N1CCN(S(=O)(=O)c2ccc(Cl)cc2)CC1. The molecular weight excluding hydrogens is 436 g/mol. The van der Waals surface area contributed by atoms with Crippen LogP contribution in [-0.2, 0) is 10.0 Å². The molecule has 2 heterocycles. The summed E-state index contributed by atoms with van der Waals surface area (Å²) in [5.41, 5.74) is 2.88. The number of halogens is 1. The van der Waals surface area contributed by atoms with Crippen LogP contribution in [0.25, 0.3) is 5.69 Å². The lowest BCUT2D eigenvalue weighted by Gasteiger charge is -2.34. The predicted molar refractivity (Wildman–Crippen MR) is 119 cm³/mol. The van der Waals surface area contributed by atoms with Crippen LogP contribution in [0, 0.1) is 13.8 Å². The van der Waals surface area contributed by atoms with Crippen LogP contribution in [0.1, 0.15) is 21.7 Å². The zero-order valence-electron chi connectivity index (χ0n) is 17.3. The molecule has 0 aliphatic carbocycles. The van der Waals surface area contributed by atoms with Crippen LogP contribution in [0.5, 0.6) is 0 Å². The first-order valence-corrected chi connectivity index (χ1v) is 11.8. The highest BCUT2D eigenvalue weighted by Gasteiger charge is 2.32. The maximum absolute atomic E-state index is 13.2. The zero-order valence-corrected chi connectivity index (χ0v) is 18.9. The predicted octanol–water partition coefficient (Wildman–Crippen LogP) is 3.29. The van der Waals surface area contributed by atoms with E-state index in [-0.39, 0.29) is 23.9 Å². The summed E-state index contributed by atoms with van der Waals surface area (Å²) >= 11 is 5.87. The molecular formula is C22H23ClN4O3S. The first-order chi connectivity index (χ1) is 14.8. The van der Waals surface area contributed by atoms with Gasteiger partial charge >= 0.3 is 0 Å².